The molecule has 24 heavy (non-hydrogen) atoms. The van der Waals surface area contributed by atoms with E-state index in [2.05, 4.69) is 13.8 Å². The van der Waals surface area contributed by atoms with Gasteiger partial charge in [0.15, 0.2) is 0 Å². The Morgan fingerprint density at radius 1 is 0.625 bits per heavy atom. The van der Waals surface area contributed by atoms with Crippen LogP contribution in [-0.2, 0) is 4.74 Å². The van der Waals surface area contributed by atoms with Gasteiger partial charge in [-0.1, -0.05) is 104 Å². The number of rotatable bonds is 19. The van der Waals surface area contributed by atoms with Gasteiger partial charge in [-0.2, -0.15) is 0 Å². The summed E-state index contributed by atoms with van der Waals surface area (Å²) in [6.07, 6.45) is 23.2. The van der Waals surface area contributed by atoms with Crippen molar-refractivity contribution in [1.29, 1.82) is 0 Å². The first-order valence-corrected chi connectivity index (χ1v) is 10.8. The summed E-state index contributed by atoms with van der Waals surface area (Å²) < 4.78 is 5.69. The third-order valence-electron chi connectivity index (χ3n) is 4.71. The van der Waals surface area contributed by atoms with E-state index in [0.717, 1.165) is 31.6 Å². The summed E-state index contributed by atoms with van der Waals surface area (Å²) in [7, 11) is 0. The molecule has 0 aliphatic heterocycles. The highest BCUT2D eigenvalue weighted by molar-refractivity contribution is 4.86. The average Bonchev–Trinajstić information content (AvgIpc) is 2.60. The van der Waals surface area contributed by atoms with Crippen LogP contribution in [-0.4, -0.2) is 11.7 Å². The van der Waals surface area contributed by atoms with Gasteiger partial charge < -0.3 is 9.84 Å². The topological polar surface area (TPSA) is 29.5 Å². The fourth-order valence-electron chi connectivity index (χ4n) is 3.05. The summed E-state index contributed by atoms with van der Waals surface area (Å²) in [5, 5.41) is 9.26. The number of hydrogen-bond acceptors (Lipinski definition) is 2. The maximum atomic E-state index is 9.26. The van der Waals surface area contributed by atoms with E-state index in [1.165, 1.54) is 96.2 Å². The molecule has 144 valence electrons. The Hall–Kier alpha value is -0.660. The molecular weight excluding hydrogens is 296 g/mol. The molecule has 0 bridgehead atoms. The molecule has 0 radical (unpaired) electrons. The van der Waals surface area contributed by atoms with Crippen molar-refractivity contribution in [2.75, 3.05) is 6.61 Å². The van der Waals surface area contributed by atoms with Gasteiger partial charge in [-0.25, -0.2) is 0 Å². The van der Waals surface area contributed by atoms with Gasteiger partial charge in [0.25, 0.3) is 0 Å². The van der Waals surface area contributed by atoms with Gasteiger partial charge >= 0.3 is 0 Å². The molecule has 0 aromatic rings. The van der Waals surface area contributed by atoms with Crippen LogP contribution < -0.4 is 0 Å². The largest absolute Gasteiger partial charge is 0.512 e. The molecule has 0 saturated carbocycles. The first kappa shape index (κ1) is 23.3. The minimum absolute atomic E-state index is 0.760. The molecule has 0 atom stereocenters. The summed E-state index contributed by atoms with van der Waals surface area (Å²) >= 11 is 0. The summed E-state index contributed by atoms with van der Waals surface area (Å²) in [5.41, 5.74) is 0. The molecule has 0 unspecified atom stereocenters. The van der Waals surface area contributed by atoms with Crippen LogP contribution in [0.1, 0.15) is 123 Å². The van der Waals surface area contributed by atoms with Crippen molar-refractivity contribution < 1.29 is 9.84 Å². The molecule has 0 saturated heterocycles. The lowest BCUT2D eigenvalue weighted by atomic mass is 10.1. The van der Waals surface area contributed by atoms with Crippen molar-refractivity contribution in [2.45, 2.75) is 123 Å². The fourth-order valence-corrected chi connectivity index (χ4v) is 3.05. The standard InChI is InChI=1S/C22H44O2/c1-3-5-7-9-11-12-13-14-15-17-19-22(21-23)24-20-18-16-10-8-6-4-2/h21,23H,3-20H2,1-2H3/b22-21-. The molecule has 0 aromatic carbocycles. The lowest BCUT2D eigenvalue weighted by Crippen LogP contribution is -1.96. The second kappa shape index (κ2) is 20.4. The third kappa shape index (κ3) is 17.7. The zero-order chi connectivity index (χ0) is 17.7. The molecule has 0 heterocycles. The number of aliphatic hydroxyl groups excluding tert-OH is 1. The van der Waals surface area contributed by atoms with Crippen LogP contribution >= 0.6 is 0 Å². The molecule has 0 aliphatic rings. The number of allylic oxidation sites excluding steroid dienone is 1. The van der Waals surface area contributed by atoms with Crippen molar-refractivity contribution in [1.82, 2.24) is 0 Å². The van der Waals surface area contributed by atoms with Crippen LogP contribution in [0, 0.1) is 0 Å². The second-order valence-electron chi connectivity index (χ2n) is 7.14. The third-order valence-corrected chi connectivity index (χ3v) is 4.71. The summed E-state index contributed by atoms with van der Waals surface area (Å²) in [6, 6.07) is 0. The highest BCUT2D eigenvalue weighted by Crippen LogP contribution is 2.15. The van der Waals surface area contributed by atoms with Crippen LogP contribution in [0.3, 0.4) is 0 Å². The molecule has 2 nitrogen and oxygen atoms in total. The van der Waals surface area contributed by atoms with Crippen molar-refractivity contribution in [3.05, 3.63) is 12.0 Å². The maximum absolute atomic E-state index is 9.26. The van der Waals surface area contributed by atoms with Gasteiger partial charge in [-0.15, -0.1) is 0 Å². The smallest absolute Gasteiger partial charge is 0.130 e. The van der Waals surface area contributed by atoms with E-state index in [0.29, 0.717) is 0 Å². The average molecular weight is 341 g/mol. The SMILES string of the molecule is CCCCCCCCCCCC/C(=C/O)OCCCCCCCC. The quantitative estimate of drug-likeness (QED) is 0.190. The Bertz CT molecular complexity index is 261. The molecule has 2 heteroatoms. The molecule has 0 spiro atoms. The van der Waals surface area contributed by atoms with Gasteiger partial charge in [0.2, 0.25) is 0 Å². The van der Waals surface area contributed by atoms with E-state index in [-0.39, 0.29) is 0 Å². The predicted molar refractivity (Wildman–Crippen MR) is 107 cm³/mol. The van der Waals surface area contributed by atoms with Crippen LogP contribution in [0.2, 0.25) is 0 Å². The van der Waals surface area contributed by atoms with Gasteiger partial charge in [-0.05, 0) is 12.8 Å². The second-order valence-corrected chi connectivity index (χ2v) is 7.14. The van der Waals surface area contributed by atoms with E-state index < -0.39 is 0 Å². The maximum Gasteiger partial charge on any atom is 0.130 e. The minimum Gasteiger partial charge on any atom is -0.512 e. The Kier molecular flexibility index (Phi) is 19.8. The first-order chi connectivity index (χ1) is 11.8. The molecular formula is C22H44O2. The van der Waals surface area contributed by atoms with E-state index in [9.17, 15) is 5.11 Å². The highest BCUT2D eigenvalue weighted by atomic mass is 16.5. The van der Waals surface area contributed by atoms with Crippen molar-refractivity contribution >= 4 is 0 Å². The Labute approximate surface area is 152 Å². The normalized spacial score (nSPS) is 11.8. The summed E-state index contributed by atoms with van der Waals surface area (Å²) in [4.78, 5) is 0. The summed E-state index contributed by atoms with van der Waals surface area (Å²) in [6.45, 7) is 5.28. The van der Waals surface area contributed by atoms with E-state index in [1.807, 2.05) is 0 Å². The lowest BCUT2D eigenvalue weighted by molar-refractivity contribution is 0.182. The van der Waals surface area contributed by atoms with Crippen LogP contribution in [0.5, 0.6) is 0 Å². The fraction of sp³-hybridized carbons (Fsp3) is 0.909. The molecule has 0 fully saturated rings. The van der Waals surface area contributed by atoms with Crippen molar-refractivity contribution in [3.8, 4) is 0 Å². The molecule has 0 rings (SSSR count). The number of ether oxygens (including phenoxy) is 1. The van der Waals surface area contributed by atoms with E-state index in [1.54, 1.807) is 0 Å². The van der Waals surface area contributed by atoms with Crippen LogP contribution in [0.25, 0.3) is 0 Å². The zero-order valence-corrected chi connectivity index (χ0v) is 16.7. The molecule has 0 aromatic heterocycles. The van der Waals surface area contributed by atoms with Gasteiger partial charge in [0, 0.05) is 6.42 Å². The number of hydrogen-bond donors (Lipinski definition) is 1. The van der Waals surface area contributed by atoms with Crippen molar-refractivity contribution in [3.63, 3.8) is 0 Å². The Balaban J connectivity index is 3.31. The minimum atomic E-state index is 0.760. The van der Waals surface area contributed by atoms with E-state index >= 15 is 0 Å². The van der Waals surface area contributed by atoms with Gasteiger partial charge in [0.05, 0.1) is 6.61 Å². The monoisotopic (exact) mass is 340 g/mol. The lowest BCUT2D eigenvalue weighted by Gasteiger charge is -2.09. The Morgan fingerprint density at radius 2 is 1.04 bits per heavy atom. The Morgan fingerprint density at radius 3 is 1.50 bits per heavy atom. The molecule has 0 amide bonds. The van der Waals surface area contributed by atoms with Crippen LogP contribution in [0.4, 0.5) is 0 Å². The highest BCUT2D eigenvalue weighted by Gasteiger charge is 2.00. The molecule has 0 aliphatic carbocycles. The predicted octanol–water partition coefficient (Wildman–Crippen LogP) is 8.07. The van der Waals surface area contributed by atoms with Gasteiger partial charge in [-0.3, -0.25) is 0 Å². The van der Waals surface area contributed by atoms with E-state index in [4.69, 9.17) is 4.74 Å². The zero-order valence-electron chi connectivity index (χ0n) is 16.7. The first-order valence-electron chi connectivity index (χ1n) is 10.8. The summed E-state index contributed by atoms with van der Waals surface area (Å²) in [5.74, 6) is 0.781. The van der Waals surface area contributed by atoms with Crippen LogP contribution in [0.15, 0.2) is 12.0 Å². The number of aliphatic hydroxyl groups is 1. The van der Waals surface area contributed by atoms with Crippen molar-refractivity contribution in [2.24, 2.45) is 0 Å². The van der Waals surface area contributed by atoms with Gasteiger partial charge in [0.1, 0.15) is 12.0 Å². The molecule has 1 N–H and O–H groups in total. The number of unbranched alkanes of at least 4 members (excludes halogenated alkanes) is 14.